The Hall–Kier alpha value is -1.78. The topological polar surface area (TPSA) is 37.3 Å². The molecule has 1 aromatic rings. The standard InChI is InChI=1S/C11H9F3O2/c1-7-2-3-8(4-5-10(15)16)9(6-7)11(12,13)14/h2-6H,1H3,(H,15,16). The summed E-state index contributed by atoms with van der Waals surface area (Å²) in [4.78, 5) is 10.2. The molecule has 1 rings (SSSR count). The van der Waals surface area contributed by atoms with Gasteiger partial charge in [0.25, 0.3) is 0 Å². The summed E-state index contributed by atoms with van der Waals surface area (Å²) in [6, 6.07) is 3.73. The van der Waals surface area contributed by atoms with Crippen LogP contribution in [-0.4, -0.2) is 11.1 Å². The van der Waals surface area contributed by atoms with Gasteiger partial charge in [0.05, 0.1) is 5.56 Å². The zero-order valence-electron chi connectivity index (χ0n) is 8.38. The minimum absolute atomic E-state index is 0.152. The van der Waals surface area contributed by atoms with Crippen LogP contribution in [0.3, 0.4) is 0 Å². The normalized spacial score (nSPS) is 12.0. The fourth-order valence-corrected chi connectivity index (χ4v) is 1.22. The van der Waals surface area contributed by atoms with Crippen molar-refractivity contribution in [1.82, 2.24) is 0 Å². The quantitative estimate of drug-likeness (QED) is 0.792. The number of hydrogen-bond donors (Lipinski definition) is 1. The van der Waals surface area contributed by atoms with Crippen molar-refractivity contribution >= 4 is 12.0 Å². The van der Waals surface area contributed by atoms with Crippen LogP contribution in [0.15, 0.2) is 24.3 Å². The van der Waals surface area contributed by atoms with Gasteiger partial charge in [-0.2, -0.15) is 13.2 Å². The minimum atomic E-state index is -4.48. The second-order valence-corrected chi connectivity index (χ2v) is 3.26. The van der Waals surface area contributed by atoms with Gasteiger partial charge < -0.3 is 5.11 Å². The van der Waals surface area contributed by atoms with E-state index in [0.29, 0.717) is 11.6 Å². The molecule has 2 nitrogen and oxygen atoms in total. The number of aliphatic carboxylic acids is 1. The Morgan fingerprint density at radius 2 is 2.00 bits per heavy atom. The molecular formula is C11H9F3O2. The molecule has 0 spiro atoms. The van der Waals surface area contributed by atoms with Gasteiger partial charge in [-0.05, 0) is 24.6 Å². The van der Waals surface area contributed by atoms with Crippen molar-refractivity contribution < 1.29 is 23.1 Å². The summed E-state index contributed by atoms with van der Waals surface area (Å²) in [5.41, 5.74) is -0.509. The molecule has 5 heteroatoms. The van der Waals surface area contributed by atoms with Crippen LogP contribution in [0.4, 0.5) is 13.2 Å². The molecule has 1 aromatic carbocycles. The fraction of sp³-hybridized carbons (Fsp3) is 0.182. The lowest BCUT2D eigenvalue weighted by Gasteiger charge is -2.10. The summed E-state index contributed by atoms with van der Waals surface area (Å²) in [6.45, 7) is 1.54. The molecule has 16 heavy (non-hydrogen) atoms. The molecule has 0 aromatic heterocycles. The van der Waals surface area contributed by atoms with Gasteiger partial charge in [-0.1, -0.05) is 17.7 Å². The highest BCUT2D eigenvalue weighted by Gasteiger charge is 2.32. The number of carboxylic acids is 1. The third-order valence-electron chi connectivity index (χ3n) is 1.92. The lowest BCUT2D eigenvalue weighted by Crippen LogP contribution is -2.07. The van der Waals surface area contributed by atoms with Crippen molar-refractivity contribution in [3.63, 3.8) is 0 Å². The molecule has 0 aliphatic heterocycles. The summed E-state index contributed by atoms with van der Waals surface area (Å²) in [6.07, 6.45) is -2.87. The van der Waals surface area contributed by atoms with Crippen molar-refractivity contribution in [3.8, 4) is 0 Å². The first kappa shape index (κ1) is 12.3. The van der Waals surface area contributed by atoms with Gasteiger partial charge in [-0.25, -0.2) is 4.79 Å². The van der Waals surface area contributed by atoms with Gasteiger partial charge in [0.2, 0.25) is 0 Å². The number of halogens is 3. The smallest absolute Gasteiger partial charge is 0.416 e. The summed E-state index contributed by atoms with van der Waals surface area (Å²) < 4.78 is 37.7. The molecule has 0 fully saturated rings. The van der Waals surface area contributed by atoms with E-state index in [1.807, 2.05) is 0 Å². The molecule has 0 radical (unpaired) electrons. The maximum Gasteiger partial charge on any atom is 0.416 e. The molecular weight excluding hydrogens is 221 g/mol. The Labute approximate surface area is 90.0 Å². The predicted octanol–water partition coefficient (Wildman–Crippen LogP) is 3.11. The molecule has 0 unspecified atom stereocenters. The van der Waals surface area contributed by atoms with Crippen molar-refractivity contribution in [2.75, 3.05) is 0 Å². The van der Waals surface area contributed by atoms with Crippen molar-refractivity contribution in [2.24, 2.45) is 0 Å². The molecule has 0 aliphatic carbocycles. The molecule has 0 saturated carbocycles. The summed E-state index contributed by atoms with van der Waals surface area (Å²) in [5, 5.41) is 8.36. The number of rotatable bonds is 2. The fourth-order valence-electron chi connectivity index (χ4n) is 1.22. The molecule has 1 N–H and O–H groups in total. The summed E-state index contributed by atoms with van der Waals surface area (Å²) in [5.74, 6) is -1.28. The van der Waals surface area contributed by atoms with E-state index in [-0.39, 0.29) is 5.56 Å². The Morgan fingerprint density at radius 3 is 2.50 bits per heavy atom. The average molecular weight is 230 g/mol. The van der Waals surface area contributed by atoms with Crippen LogP contribution in [0.5, 0.6) is 0 Å². The van der Waals surface area contributed by atoms with Gasteiger partial charge in [0.1, 0.15) is 0 Å². The Morgan fingerprint density at radius 1 is 1.38 bits per heavy atom. The Balaban J connectivity index is 3.23. The lowest BCUT2D eigenvalue weighted by atomic mass is 10.0. The minimum Gasteiger partial charge on any atom is -0.478 e. The van der Waals surface area contributed by atoms with E-state index >= 15 is 0 Å². The third kappa shape index (κ3) is 3.12. The molecule has 0 amide bonds. The van der Waals surface area contributed by atoms with Crippen molar-refractivity contribution in [1.29, 1.82) is 0 Å². The second-order valence-electron chi connectivity index (χ2n) is 3.26. The number of benzene rings is 1. The molecule has 0 bridgehead atoms. The van der Waals surface area contributed by atoms with Gasteiger partial charge in [0, 0.05) is 6.08 Å². The van der Waals surface area contributed by atoms with Crippen LogP contribution in [0.25, 0.3) is 6.08 Å². The highest BCUT2D eigenvalue weighted by atomic mass is 19.4. The van der Waals surface area contributed by atoms with E-state index in [1.165, 1.54) is 12.1 Å². The molecule has 86 valence electrons. The van der Waals surface area contributed by atoms with E-state index in [2.05, 4.69) is 0 Å². The van der Waals surface area contributed by atoms with E-state index in [0.717, 1.165) is 12.1 Å². The number of carbonyl (C=O) groups is 1. The first-order valence-corrected chi connectivity index (χ1v) is 4.39. The highest BCUT2D eigenvalue weighted by molar-refractivity contribution is 5.85. The predicted molar refractivity (Wildman–Crippen MR) is 52.9 cm³/mol. The molecule has 0 aliphatic rings. The van der Waals surface area contributed by atoms with Crippen LogP contribution in [0, 0.1) is 6.92 Å². The zero-order valence-corrected chi connectivity index (χ0v) is 8.38. The lowest BCUT2D eigenvalue weighted by molar-refractivity contribution is -0.138. The number of aryl methyl sites for hydroxylation is 1. The molecule has 0 heterocycles. The van der Waals surface area contributed by atoms with Crippen molar-refractivity contribution in [2.45, 2.75) is 13.1 Å². The van der Waals surface area contributed by atoms with Crippen LogP contribution in [0.1, 0.15) is 16.7 Å². The largest absolute Gasteiger partial charge is 0.478 e. The van der Waals surface area contributed by atoms with E-state index in [9.17, 15) is 18.0 Å². The van der Waals surface area contributed by atoms with Gasteiger partial charge in [-0.15, -0.1) is 0 Å². The monoisotopic (exact) mass is 230 g/mol. The number of alkyl halides is 3. The maximum absolute atomic E-state index is 12.6. The number of carboxylic acid groups (broad SMARTS) is 1. The summed E-state index contributed by atoms with van der Waals surface area (Å²) >= 11 is 0. The third-order valence-corrected chi connectivity index (χ3v) is 1.92. The maximum atomic E-state index is 12.6. The van der Waals surface area contributed by atoms with E-state index in [1.54, 1.807) is 6.92 Å². The summed E-state index contributed by atoms with van der Waals surface area (Å²) in [7, 11) is 0. The molecule has 0 saturated heterocycles. The van der Waals surface area contributed by atoms with Gasteiger partial charge in [-0.3, -0.25) is 0 Å². The first-order chi connectivity index (χ1) is 7.30. The van der Waals surface area contributed by atoms with Crippen LogP contribution < -0.4 is 0 Å². The SMILES string of the molecule is Cc1ccc(C=CC(=O)O)c(C(F)(F)F)c1. The van der Waals surface area contributed by atoms with Crippen LogP contribution >= 0.6 is 0 Å². The molecule has 0 atom stereocenters. The zero-order chi connectivity index (χ0) is 12.3. The average Bonchev–Trinajstić information content (AvgIpc) is 2.14. The van der Waals surface area contributed by atoms with E-state index in [4.69, 9.17) is 5.11 Å². The first-order valence-electron chi connectivity index (χ1n) is 4.39. The van der Waals surface area contributed by atoms with Gasteiger partial charge >= 0.3 is 12.1 Å². The van der Waals surface area contributed by atoms with Crippen molar-refractivity contribution in [3.05, 3.63) is 41.0 Å². The second kappa shape index (κ2) is 4.38. The Bertz CT molecular complexity index is 433. The van der Waals surface area contributed by atoms with Crippen LogP contribution in [0.2, 0.25) is 0 Å². The number of hydrogen-bond acceptors (Lipinski definition) is 1. The Kier molecular flexibility index (Phi) is 3.37. The highest BCUT2D eigenvalue weighted by Crippen LogP contribution is 2.33. The van der Waals surface area contributed by atoms with E-state index < -0.39 is 17.7 Å². The van der Waals surface area contributed by atoms with Crippen LogP contribution in [-0.2, 0) is 11.0 Å². The van der Waals surface area contributed by atoms with Gasteiger partial charge in [0.15, 0.2) is 0 Å².